The third-order valence-electron chi connectivity index (χ3n) is 3.64. The number of hydrogen-bond acceptors (Lipinski definition) is 1. The first-order valence-electron chi connectivity index (χ1n) is 8.43. The highest BCUT2D eigenvalue weighted by Gasteiger charge is 1.97. The molecule has 0 aromatic carbocycles. The molecule has 0 aromatic rings. The van der Waals surface area contributed by atoms with Gasteiger partial charge in [-0.25, -0.2) is 0 Å². The predicted octanol–water partition coefficient (Wildman–Crippen LogP) is 5.28. The molecule has 0 heterocycles. The van der Waals surface area contributed by atoms with Crippen LogP contribution in [-0.2, 0) is 0 Å². The lowest BCUT2D eigenvalue weighted by Crippen LogP contribution is -2.21. The van der Waals surface area contributed by atoms with Crippen molar-refractivity contribution in [3.8, 4) is 0 Å². The van der Waals surface area contributed by atoms with E-state index in [1.165, 1.54) is 70.0 Å². The van der Waals surface area contributed by atoms with Gasteiger partial charge in [-0.15, -0.1) is 0 Å². The molecule has 0 saturated carbocycles. The molecular formula is C17H36N2. The molecule has 0 N–H and O–H groups in total. The number of aliphatic imine (C=N–C) groups is 1. The standard InChI is InChI=1S/C17H36N2/c1-5-7-8-9-10-11-12-13-14-15-16-18-17(6-2)19(3)4/h5-16H2,1-4H3. The van der Waals surface area contributed by atoms with E-state index in [0.29, 0.717) is 0 Å². The first kappa shape index (κ1) is 18.5. The van der Waals surface area contributed by atoms with E-state index >= 15 is 0 Å². The van der Waals surface area contributed by atoms with Gasteiger partial charge in [0.2, 0.25) is 0 Å². The van der Waals surface area contributed by atoms with Gasteiger partial charge in [-0.05, 0) is 6.42 Å². The second kappa shape index (κ2) is 13.9. The SMILES string of the molecule is CCCCCCCCCCCCN=C(CC)N(C)C. The van der Waals surface area contributed by atoms with E-state index < -0.39 is 0 Å². The van der Waals surface area contributed by atoms with E-state index in [0.717, 1.165) is 13.0 Å². The van der Waals surface area contributed by atoms with Gasteiger partial charge in [-0.3, -0.25) is 4.99 Å². The van der Waals surface area contributed by atoms with Gasteiger partial charge in [0.25, 0.3) is 0 Å². The zero-order chi connectivity index (χ0) is 14.3. The number of rotatable bonds is 12. The number of hydrogen-bond donors (Lipinski definition) is 0. The van der Waals surface area contributed by atoms with E-state index in [-0.39, 0.29) is 0 Å². The normalized spacial score (nSPS) is 11.9. The highest BCUT2D eigenvalue weighted by atomic mass is 15.1. The van der Waals surface area contributed by atoms with Crippen molar-refractivity contribution < 1.29 is 0 Å². The van der Waals surface area contributed by atoms with Crippen LogP contribution in [0.5, 0.6) is 0 Å². The molecule has 2 nitrogen and oxygen atoms in total. The van der Waals surface area contributed by atoms with Gasteiger partial charge in [-0.1, -0.05) is 71.6 Å². The Kier molecular flexibility index (Phi) is 13.5. The second-order valence-electron chi connectivity index (χ2n) is 5.73. The quantitative estimate of drug-likeness (QED) is 0.267. The number of unbranched alkanes of at least 4 members (excludes halogenated alkanes) is 9. The third-order valence-corrected chi connectivity index (χ3v) is 3.64. The highest BCUT2D eigenvalue weighted by molar-refractivity contribution is 5.81. The molecule has 0 saturated heterocycles. The first-order chi connectivity index (χ1) is 9.22. The smallest absolute Gasteiger partial charge is 0.0980 e. The van der Waals surface area contributed by atoms with Crippen molar-refractivity contribution in [2.75, 3.05) is 20.6 Å². The molecule has 0 aliphatic rings. The molecule has 0 aromatic heterocycles. The van der Waals surface area contributed by atoms with Crippen molar-refractivity contribution >= 4 is 5.84 Å². The summed E-state index contributed by atoms with van der Waals surface area (Å²) in [7, 11) is 4.17. The largest absolute Gasteiger partial charge is 0.367 e. The van der Waals surface area contributed by atoms with Crippen molar-refractivity contribution in [1.82, 2.24) is 4.90 Å². The molecule has 2 heteroatoms. The van der Waals surface area contributed by atoms with Crippen molar-refractivity contribution in [3.63, 3.8) is 0 Å². The van der Waals surface area contributed by atoms with Crippen molar-refractivity contribution in [3.05, 3.63) is 0 Å². The molecule has 0 amide bonds. The summed E-state index contributed by atoms with van der Waals surface area (Å²) in [5, 5.41) is 0. The van der Waals surface area contributed by atoms with Crippen molar-refractivity contribution in [1.29, 1.82) is 0 Å². The first-order valence-corrected chi connectivity index (χ1v) is 8.43. The predicted molar refractivity (Wildman–Crippen MR) is 88.1 cm³/mol. The summed E-state index contributed by atoms with van der Waals surface area (Å²) in [5.41, 5.74) is 0. The van der Waals surface area contributed by atoms with E-state index in [1.54, 1.807) is 0 Å². The Morgan fingerprint density at radius 3 is 1.63 bits per heavy atom. The molecule has 114 valence electrons. The van der Waals surface area contributed by atoms with Crippen molar-refractivity contribution in [2.24, 2.45) is 4.99 Å². The van der Waals surface area contributed by atoms with Crippen LogP contribution in [-0.4, -0.2) is 31.4 Å². The zero-order valence-electron chi connectivity index (χ0n) is 13.9. The average molecular weight is 268 g/mol. The second-order valence-corrected chi connectivity index (χ2v) is 5.73. The molecule has 0 bridgehead atoms. The highest BCUT2D eigenvalue weighted by Crippen LogP contribution is 2.10. The Balaban J connectivity index is 3.27. The lowest BCUT2D eigenvalue weighted by Gasteiger charge is -2.13. The van der Waals surface area contributed by atoms with E-state index in [2.05, 4.69) is 37.8 Å². The van der Waals surface area contributed by atoms with Gasteiger partial charge < -0.3 is 4.90 Å². The molecule has 0 aliphatic heterocycles. The maximum atomic E-state index is 4.65. The van der Waals surface area contributed by atoms with Gasteiger partial charge in [0, 0.05) is 27.1 Å². The van der Waals surface area contributed by atoms with Crippen LogP contribution in [0.2, 0.25) is 0 Å². The minimum absolute atomic E-state index is 1.01. The van der Waals surface area contributed by atoms with Crippen LogP contribution in [0.4, 0.5) is 0 Å². The molecule has 0 rings (SSSR count). The van der Waals surface area contributed by atoms with E-state index in [1.807, 2.05) is 0 Å². The van der Waals surface area contributed by atoms with Crippen LogP contribution in [0, 0.1) is 0 Å². The van der Waals surface area contributed by atoms with E-state index in [4.69, 9.17) is 0 Å². The molecule has 0 spiro atoms. The molecule has 19 heavy (non-hydrogen) atoms. The van der Waals surface area contributed by atoms with Crippen molar-refractivity contribution in [2.45, 2.75) is 84.5 Å². The lowest BCUT2D eigenvalue weighted by molar-refractivity contribution is 0.555. The van der Waals surface area contributed by atoms with Crippen LogP contribution >= 0.6 is 0 Å². The minimum Gasteiger partial charge on any atom is -0.367 e. The monoisotopic (exact) mass is 268 g/mol. The molecule has 0 aliphatic carbocycles. The summed E-state index contributed by atoms with van der Waals surface area (Å²) in [5.74, 6) is 1.23. The summed E-state index contributed by atoms with van der Waals surface area (Å²) in [4.78, 5) is 6.79. The number of nitrogens with zero attached hydrogens (tertiary/aromatic N) is 2. The maximum absolute atomic E-state index is 4.65. The molecule has 0 fully saturated rings. The maximum Gasteiger partial charge on any atom is 0.0980 e. The molecule has 0 atom stereocenters. The van der Waals surface area contributed by atoms with Crippen LogP contribution in [0.25, 0.3) is 0 Å². The van der Waals surface area contributed by atoms with Crippen LogP contribution in [0.15, 0.2) is 4.99 Å². The fourth-order valence-electron chi connectivity index (χ4n) is 2.38. The fraction of sp³-hybridized carbons (Fsp3) is 0.941. The van der Waals surface area contributed by atoms with Crippen LogP contribution < -0.4 is 0 Å². The number of amidine groups is 1. The van der Waals surface area contributed by atoms with E-state index in [9.17, 15) is 0 Å². The summed E-state index contributed by atoms with van der Waals surface area (Å²) in [6.07, 6.45) is 15.0. The minimum atomic E-state index is 1.01. The Morgan fingerprint density at radius 1 is 0.737 bits per heavy atom. The lowest BCUT2D eigenvalue weighted by atomic mass is 10.1. The Hall–Kier alpha value is -0.530. The molecule has 0 radical (unpaired) electrons. The fourth-order valence-corrected chi connectivity index (χ4v) is 2.38. The third kappa shape index (κ3) is 12.3. The topological polar surface area (TPSA) is 15.6 Å². The van der Waals surface area contributed by atoms with Gasteiger partial charge in [0.15, 0.2) is 0 Å². The van der Waals surface area contributed by atoms with Crippen LogP contribution in [0.1, 0.15) is 84.5 Å². The Morgan fingerprint density at radius 2 is 1.21 bits per heavy atom. The summed E-state index contributed by atoms with van der Waals surface area (Å²) >= 11 is 0. The Labute approximate surface area is 121 Å². The zero-order valence-corrected chi connectivity index (χ0v) is 13.9. The van der Waals surface area contributed by atoms with Gasteiger partial charge in [-0.2, -0.15) is 0 Å². The van der Waals surface area contributed by atoms with Gasteiger partial charge >= 0.3 is 0 Å². The van der Waals surface area contributed by atoms with Gasteiger partial charge in [0.1, 0.15) is 0 Å². The summed E-state index contributed by atoms with van der Waals surface area (Å²) in [6.45, 7) is 5.47. The molecule has 0 unspecified atom stereocenters. The van der Waals surface area contributed by atoms with Gasteiger partial charge in [0.05, 0.1) is 5.84 Å². The molecular weight excluding hydrogens is 232 g/mol. The average Bonchev–Trinajstić information content (AvgIpc) is 2.40. The summed E-state index contributed by atoms with van der Waals surface area (Å²) in [6, 6.07) is 0. The van der Waals surface area contributed by atoms with Crippen LogP contribution in [0.3, 0.4) is 0 Å². The Bertz CT molecular complexity index is 209. The summed E-state index contributed by atoms with van der Waals surface area (Å²) < 4.78 is 0.